The van der Waals surface area contributed by atoms with Crippen molar-refractivity contribution in [3.63, 3.8) is 0 Å². The van der Waals surface area contributed by atoms with Crippen LogP contribution < -0.4 is 10.2 Å². The molecule has 20 heavy (non-hydrogen) atoms. The first-order chi connectivity index (χ1) is 9.74. The highest BCUT2D eigenvalue weighted by atomic mass is 32.1. The van der Waals surface area contributed by atoms with E-state index in [9.17, 15) is 9.90 Å². The molecule has 0 bridgehead atoms. The van der Waals surface area contributed by atoms with E-state index in [-0.39, 0.29) is 12.5 Å². The number of hydrogen-bond donors (Lipinski definition) is 3. The molecule has 0 unspecified atom stereocenters. The summed E-state index contributed by atoms with van der Waals surface area (Å²) >= 11 is 4.08. The van der Waals surface area contributed by atoms with Gasteiger partial charge < -0.3 is 15.3 Å². The standard InChI is InChI=1S/C15H22N2O2S/c18-11-12-5-8-17(9-6-12)14-4-2-1-3-13(14)16-15(19)7-10-20/h1-4,12,18,20H,5-11H2,(H,16,19). The van der Waals surface area contributed by atoms with Crippen LogP contribution in [0.25, 0.3) is 0 Å². The van der Waals surface area contributed by atoms with Crippen LogP contribution in [0.5, 0.6) is 0 Å². The van der Waals surface area contributed by atoms with Gasteiger partial charge >= 0.3 is 0 Å². The minimum atomic E-state index is -0.00214. The fourth-order valence-electron chi connectivity index (χ4n) is 2.53. The normalized spacial score (nSPS) is 16.2. The zero-order chi connectivity index (χ0) is 14.4. The lowest BCUT2D eigenvalue weighted by molar-refractivity contribution is -0.115. The van der Waals surface area contributed by atoms with E-state index in [1.54, 1.807) is 0 Å². The molecule has 1 amide bonds. The molecule has 1 aliphatic rings. The summed E-state index contributed by atoms with van der Waals surface area (Å²) in [6.45, 7) is 2.11. The van der Waals surface area contributed by atoms with E-state index in [1.165, 1.54) is 0 Å². The predicted molar refractivity (Wildman–Crippen MR) is 85.6 cm³/mol. The molecule has 1 heterocycles. The maximum atomic E-state index is 11.7. The average Bonchev–Trinajstić information content (AvgIpc) is 2.48. The molecule has 0 saturated carbocycles. The van der Waals surface area contributed by atoms with Gasteiger partial charge in [0.05, 0.1) is 11.4 Å². The van der Waals surface area contributed by atoms with Gasteiger partial charge in [-0.05, 0) is 36.6 Å². The fourth-order valence-corrected chi connectivity index (χ4v) is 2.73. The molecule has 1 fully saturated rings. The first-order valence-electron chi connectivity index (χ1n) is 7.10. The number of nitrogens with zero attached hydrogens (tertiary/aromatic N) is 1. The number of aliphatic hydroxyl groups is 1. The highest BCUT2D eigenvalue weighted by molar-refractivity contribution is 7.80. The maximum Gasteiger partial charge on any atom is 0.225 e. The zero-order valence-corrected chi connectivity index (χ0v) is 12.5. The number of anilines is 2. The molecule has 0 spiro atoms. The Hall–Kier alpha value is -1.20. The van der Waals surface area contributed by atoms with E-state index in [1.807, 2.05) is 24.3 Å². The predicted octanol–water partition coefficient (Wildman–Crippen LogP) is 2.15. The summed E-state index contributed by atoms with van der Waals surface area (Å²) in [6.07, 6.45) is 2.41. The Morgan fingerprint density at radius 2 is 2.05 bits per heavy atom. The lowest BCUT2D eigenvalue weighted by Gasteiger charge is -2.34. The topological polar surface area (TPSA) is 52.6 Å². The van der Waals surface area contributed by atoms with Crippen LogP contribution >= 0.6 is 12.6 Å². The molecule has 1 aliphatic heterocycles. The van der Waals surface area contributed by atoms with E-state index in [0.717, 1.165) is 37.3 Å². The van der Waals surface area contributed by atoms with Crippen molar-refractivity contribution in [1.82, 2.24) is 0 Å². The third-order valence-electron chi connectivity index (χ3n) is 3.73. The van der Waals surface area contributed by atoms with Crippen molar-refractivity contribution in [2.24, 2.45) is 5.92 Å². The quantitative estimate of drug-likeness (QED) is 0.729. The summed E-state index contributed by atoms with van der Waals surface area (Å²) in [7, 11) is 0. The minimum Gasteiger partial charge on any atom is -0.396 e. The van der Waals surface area contributed by atoms with Crippen LogP contribution in [-0.2, 0) is 4.79 Å². The second-order valence-electron chi connectivity index (χ2n) is 5.15. The van der Waals surface area contributed by atoms with Gasteiger partial charge in [0.15, 0.2) is 0 Å². The number of amides is 1. The highest BCUT2D eigenvalue weighted by Crippen LogP contribution is 2.29. The van der Waals surface area contributed by atoms with Crippen LogP contribution in [0.1, 0.15) is 19.3 Å². The number of nitrogens with one attached hydrogen (secondary N) is 1. The Kier molecular flexibility index (Phi) is 5.73. The summed E-state index contributed by atoms with van der Waals surface area (Å²) in [4.78, 5) is 14.0. The van der Waals surface area contributed by atoms with Crippen molar-refractivity contribution >= 4 is 29.9 Å². The Morgan fingerprint density at radius 1 is 1.35 bits per heavy atom. The highest BCUT2D eigenvalue weighted by Gasteiger charge is 2.20. The summed E-state index contributed by atoms with van der Waals surface area (Å²) in [5.41, 5.74) is 1.93. The van der Waals surface area contributed by atoms with Crippen molar-refractivity contribution in [3.05, 3.63) is 24.3 Å². The number of thiol groups is 1. The number of aliphatic hydroxyl groups excluding tert-OH is 1. The SMILES string of the molecule is O=C(CCS)Nc1ccccc1N1CCC(CO)CC1. The molecule has 0 aromatic heterocycles. The van der Waals surface area contributed by atoms with Crippen LogP contribution in [0, 0.1) is 5.92 Å². The maximum absolute atomic E-state index is 11.7. The molecule has 0 atom stereocenters. The van der Waals surface area contributed by atoms with E-state index >= 15 is 0 Å². The van der Waals surface area contributed by atoms with Gasteiger partial charge in [0.2, 0.25) is 5.91 Å². The van der Waals surface area contributed by atoms with Crippen molar-refractivity contribution < 1.29 is 9.90 Å². The summed E-state index contributed by atoms with van der Waals surface area (Å²) in [5.74, 6) is 0.963. The first kappa shape index (κ1) is 15.2. The van der Waals surface area contributed by atoms with Crippen molar-refractivity contribution in [2.45, 2.75) is 19.3 Å². The number of para-hydroxylation sites is 2. The molecule has 4 nitrogen and oxygen atoms in total. The minimum absolute atomic E-state index is 0.00214. The Bertz CT molecular complexity index is 445. The molecule has 1 aromatic rings. The van der Waals surface area contributed by atoms with E-state index < -0.39 is 0 Å². The number of rotatable bonds is 5. The Morgan fingerprint density at radius 3 is 2.70 bits per heavy atom. The number of carbonyl (C=O) groups excluding carboxylic acids is 1. The van der Waals surface area contributed by atoms with Gasteiger partial charge in [-0.15, -0.1) is 0 Å². The molecule has 2 rings (SSSR count). The second kappa shape index (κ2) is 7.55. The molecule has 2 N–H and O–H groups in total. The van der Waals surface area contributed by atoms with Crippen LogP contribution in [0.4, 0.5) is 11.4 Å². The smallest absolute Gasteiger partial charge is 0.225 e. The Labute approximate surface area is 125 Å². The summed E-state index contributed by atoms with van der Waals surface area (Å²) < 4.78 is 0. The third-order valence-corrected chi connectivity index (χ3v) is 3.95. The number of carbonyl (C=O) groups is 1. The first-order valence-corrected chi connectivity index (χ1v) is 7.73. The zero-order valence-electron chi connectivity index (χ0n) is 11.6. The lowest BCUT2D eigenvalue weighted by Crippen LogP contribution is -2.35. The average molecular weight is 294 g/mol. The van der Waals surface area contributed by atoms with E-state index in [2.05, 4.69) is 22.8 Å². The van der Waals surface area contributed by atoms with E-state index in [0.29, 0.717) is 18.1 Å². The molecular weight excluding hydrogens is 272 g/mol. The van der Waals surface area contributed by atoms with Crippen molar-refractivity contribution in [3.8, 4) is 0 Å². The molecule has 0 aliphatic carbocycles. The molecule has 5 heteroatoms. The van der Waals surface area contributed by atoms with Gasteiger partial charge in [0, 0.05) is 26.1 Å². The van der Waals surface area contributed by atoms with Crippen LogP contribution in [0.15, 0.2) is 24.3 Å². The fraction of sp³-hybridized carbons (Fsp3) is 0.533. The monoisotopic (exact) mass is 294 g/mol. The second-order valence-corrected chi connectivity index (χ2v) is 5.60. The van der Waals surface area contributed by atoms with Crippen LogP contribution in [0.2, 0.25) is 0 Å². The van der Waals surface area contributed by atoms with Crippen LogP contribution in [0.3, 0.4) is 0 Å². The molecule has 1 saturated heterocycles. The Balaban J connectivity index is 2.06. The van der Waals surface area contributed by atoms with Gasteiger partial charge in [0.25, 0.3) is 0 Å². The lowest BCUT2D eigenvalue weighted by atomic mass is 9.97. The van der Waals surface area contributed by atoms with Crippen molar-refractivity contribution in [2.75, 3.05) is 35.7 Å². The molecule has 0 radical (unpaired) electrons. The van der Waals surface area contributed by atoms with Gasteiger partial charge in [-0.25, -0.2) is 0 Å². The van der Waals surface area contributed by atoms with Crippen LogP contribution in [-0.4, -0.2) is 36.5 Å². The van der Waals surface area contributed by atoms with Gasteiger partial charge in [-0.1, -0.05) is 12.1 Å². The molecule has 1 aromatic carbocycles. The van der Waals surface area contributed by atoms with Gasteiger partial charge in [-0.2, -0.15) is 12.6 Å². The third kappa shape index (κ3) is 3.90. The summed E-state index contributed by atoms with van der Waals surface area (Å²) in [6, 6.07) is 7.89. The largest absolute Gasteiger partial charge is 0.396 e. The molecule has 110 valence electrons. The van der Waals surface area contributed by atoms with Gasteiger partial charge in [0.1, 0.15) is 0 Å². The number of benzene rings is 1. The summed E-state index contributed by atoms with van der Waals surface area (Å²) in [5, 5.41) is 12.2. The van der Waals surface area contributed by atoms with Crippen molar-refractivity contribution in [1.29, 1.82) is 0 Å². The number of hydrogen-bond acceptors (Lipinski definition) is 4. The molecular formula is C15H22N2O2S. The van der Waals surface area contributed by atoms with Gasteiger partial charge in [-0.3, -0.25) is 4.79 Å². The number of piperidine rings is 1. The van der Waals surface area contributed by atoms with E-state index in [4.69, 9.17) is 0 Å².